The van der Waals surface area contributed by atoms with Gasteiger partial charge in [-0.15, -0.1) is 0 Å². The molecule has 2 aromatic rings. The van der Waals surface area contributed by atoms with Crippen LogP contribution >= 0.6 is 0 Å². The van der Waals surface area contributed by atoms with Crippen molar-refractivity contribution in [3.8, 4) is 5.75 Å². The van der Waals surface area contributed by atoms with Crippen molar-refractivity contribution in [2.45, 2.75) is 32.6 Å². The van der Waals surface area contributed by atoms with Crippen molar-refractivity contribution in [1.82, 2.24) is 0 Å². The second-order valence-electron chi connectivity index (χ2n) is 10.1. The lowest BCUT2D eigenvalue weighted by atomic mass is 9.81. The number of carbonyl (C=O) groups is 4. The fraction of sp³-hybridized carbons (Fsp3) is 0.407. The molecule has 174 valence electrons. The highest BCUT2D eigenvalue weighted by Crippen LogP contribution is 2.56. The molecule has 2 bridgehead atoms. The fourth-order valence-electron chi connectivity index (χ4n) is 6.39. The molecule has 0 spiro atoms. The second kappa shape index (κ2) is 7.79. The molecule has 4 fully saturated rings. The van der Waals surface area contributed by atoms with E-state index < -0.39 is 11.9 Å². The van der Waals surface area contributed by atoms with Gasteiger partial charge in [-0.1, -0.05) is 23.8 Å². The molecule has 3 amide bonds. The number of esters is 1. The standard InChI is InChI=1S/C27H26N2O5/c1-15-5-9-19(10-6-15)28-14-18(12-22(28)30)27(33)34-21-4-2-3-20(13-21)29-25(31)23-16-7-8-17(11-16)24(23)26(29)32/h2-6,9-10,13,16-18,23-24H,7-8,11-12,14H2,1H3/t16-,17-,18-,23-,24+/m0/s1. The lowest BCUT2D eigenvalue weighted by molar-refractivity contribution is -0.139. The predicted octanol–water partition coefficient (Wildman–Crippen LogP) is 3.49. The first-order valence-corrected chi connectivity index (χ1v) is 12.0. The molecule has 2 aromatic carbocycles. The smallest absolute Gasteiger partial charge is 0.316 e. The number of anilines is 2. The highest BCUT2D eigenvalue weighted by molar-refractivity contribution is 6.22. The van der Waals surface area contributed by atoms with Gasteiger partial charge in [0.1, 0.15) is 5.75 Å². The van der Waals surface area contributed by atoms with Gasteiger partial charge >= 0.3 is 5.97 Å². The van der Waals surface area contributed by atoms with Gasteiger partial charge in [-0.05, 0) is 62.3 Å². The van der Waals surface area contributed by atoms with Crippen molar-refractivity contribution in [1.29, 1.82) is 0 Å². The third kappa shape index (κ3) is 3.25. The minimum Gasteiger partial charge on any atom is -0.426 e. The number of benzene rings is 2. The van der Waals surface area contributed by atoms with E-state index in [1.807, 2.05) is 31.2 Å². The Kier molecular flexibility index (Phi) is 4.83. The van der Waals surface area contributed by atoms with Gasteiger partial charge in [-0.2, -0.15) is 0 Å². The second-order valence-corrected chi connectivity index (χ2v) is 10.1. The van der Waals surface area contributed by atoms with E-state index in [9.17, 15) is 19.2 Å². The predicted molar refractivity (Wildman–Crippen MR) is 124 cm³/mol. The number of ether oxygens (including phenoxy) is 1. The zero-order valence-corrected chi connectivity index (χ0v) is 19.0. The number of nitrogens with zero attached hydrogens (tertiary/aromatic N) is 2. The van der Waals surface area contributed by atoms with Gasteiger partial charge in [0.25, 0.3) is 0 Å². The van der Waals surface area contributed by atoms with E-state index in [-0.39, 0.29) is 48.3 Å². The van der Waals surface area contributed by atoms with E-state index >= 15 is 0 Å². The maximum Gasteiger partial charge on any atom is 0.316 e. The topological polar surface area (TPSA) is 84.0 Å². The largest absolute Gasteiger partial charge is 0.426 e. The Labute approximate surface area is 197 Å². The molecule has 7 nitrogen and oxygen atoms in total. The number of rotatable bonds is 4. The Bertz CT molecular complexity index is 1180. The summed E-state index contributed by atoms with van der Waals surface area (Å²) in [6, 6.07) is 14.2. The van der Waals surface area contributed by atoms with E-state index in [0.717, 1.165) is 30.5 Å². The van der Waals surface area contributed by atoms with Crippen LogP contribution in [0.1, 0.15) is 31.2 Å². The van der Waals surface area contributed by atoms with Gasteiger partial charge in [0.2, 0.25) is 17.7 Å². The molecule has 6 rings (SSSR count). The summed E-state index contributed by atoms with van der Waals surface area (Å²) >= 11 is 0. The summed E-state index contributed by atoms with van der Waals surface area (Å²) in [5, 5.41) is 0. The van der Waals surface area contributed by atoms with Crippen molar-refractivity contribution in [3.05, 3.63) is 54.1 Å². The number of fused-ring (bicyclic) bond motifs is 5. The van der Waals surface area contributed by atoms with Gasteiger partial charge < -0.3 is 9.64 Å². The zero-order chi connectivity index (χ0) is 23.6. The zero-order valence-electron chi connectivity index (χ0n) is 19.0. The quantitative estimate of drug-likeness (QED) is 0.398. The Morgan fingerprint density at radius 2 is 1.59 bits per heavy atom. The lowest BCUT2D eigenvalue weighted by Gasteiger charge is -2.19. The number of hydrogen-bond acceptors (Lipinski definition) is 5. The maximum absolute atomic E-state index is 13.1. The molecule has 2 heterocycles. The van der Waals surface area contributed by atoms with Gasteiger partial charge in [0, 0.05) is 24.7 Å². The van der Waals surface area contributed by atoms with Crippen molar-refractivity contribution < 1.29 is 23.9 Å². The monoisotopic (exact) mass is 458 g/mol. The Morgan fingerprint density at radius 3 is 2.26 bits per heavy atom. The normalized spacial score (nSPS) is 29.8. The van der Waals surface area contributed by atoms with Gasteiger partial charge in [0.15, 0.2) is 0 Å². The van der Waals surface area contributed by atoms with E-state index in [1.54, 1.807) is 29.2 Å². The molecule has 34 heavy (non-hydrogen) atoms. The van der Waals surface area contributed by atoms with Crippen LogP contribution < -0.4 is 14.5 Å². The first kappa shape index (κ1) is 21.1. The molecule has 7 heteroatoms. The highest BCUT2D eigenvalue weighted by atomic mass is 16.5. The van der Waals surface area contributed by atoms with Crippen LogP contribution in [0.25, 0.3) is 0 Å². The number of imide groups is 1. The molecule has 0 N–H and O–H groups in total. The third-order valence-electron chi connectivity index (χ3n) is 8.03. The maximum atomic E-state index is 13.1. The summed E-state index contributed by atoms with van der Waals surface area (Å²) in [4.78, 5) is 54.5. The molecule has 0 radical (unpaired) electrons. The molecule has 4 aliphatic rings. The molecule has 2 saturated carbocycles. The molecular weight excluding hydrogens is 432 g/mol. The minimum absolute atomic E-state index is 0.0850. The molecule has 2 aliphatic carbocycles. The van der Waals surface area contributed by atoms with E-state index in [4.69, 9.17) is 4.74 Å². The third-order valence-corrected chi connectivity index (χ3v) is 8.03. The minimum atomic E-state index is -0.581. The summed E-state index contributed by atoms with van der Waals surface area (Å²) in [6.45, 7) is 2.24. The lowest BCUT2D eigenvalue weighted by Crippen LogP contribution is -2.32. The fourth-order valence-corrected chi connectivity index (χ4v) is 6.39. The molecular formula is C27H26N2O5. The molecule has 2 aliphatic heterocycles. The SMILES string of the molecule is Cc1ccc(N2C[C@@H](C(=O)Oc3cccc(N4C(=O)[C@@H]5[C@H]6CC[C@@H](C6)[C@@H]5C4=O)c3)CC2=O)cc1. The van der Waals surface area contributed by atoms with E-state index in [2.05, 4.69) is 0 Å². The van der Waals surface area contributed by atoms with Crippen molar-refractivity contribution in [2.75, 3.05) is 16.3 Å². The molecule has 5 atom stereocenters. The van der Waals surface area contributed by atoms with Crippen molar-refractivity contribution in [3.63, 3.8) is 0 Å². The number of carbonyl (C=O) groups excluding carboxylic acids is 4. The molecule has 0 aromatic heterocycles. The van der Waals surface area contributed by atoms with Crippen LogP contribution in [0, 0.1) is 36.5 Å². The Hall–Kier alpha value is -3.48. The van der Waals surface area contributed by atoms with Crippen LogP contribution in [-0.4, -0.2) is 30.2 Å². The van der Waals surface area contributed by atoms with Crippen LogP contribution in [0.15, 0.2) is 48.5 Å². The van der Waals surface area contributed by atoms with Crippen LogP contribution in [0.4, 0.5) is 11.4 Å². The average Bonchev–Trinajstić information content (AvgIpc) is 3.58. The van der Waals surface area contributed by atoms with Crippen LogP contribution in [0.5, 0.6) is 5.75 Å². The van der Waals surface area contributed by atoms with E-state index in [0.29, 0.717) is 17.5 Å². The Morgan fingerprint density at radius 1 is 0.912 bits per heavy atom. The molecule has 2 saturated heterocycles. The first-order chi connectivity index (χ1) is 16.4. The number of hydrogen-bond donors (Lipinski definition) is 0. The number of aryl methyl sites for hydroxylation is 1. The highest BCUT2D eigenvalue weighted by Gasteiger charge is 2.61. The van der Waals surface area contributed by atoms with Crippen LogP contribution in [-0.2, 0) is 19.2 Å². The summed E-state index contributed by atoms with van der Waals surface area (Å²) in [7, 11) is 0. The van der Waals surface area contributed by atoms with Crippen LogP contribution in [0.3, 0.4) is 0 Å². The van der Waals surface area contributed by atoms with Crippen molar-refractivity contribution >= 4 is 35.1 Å². The Balaban J connectivity index is 1.16. The van der Waals surface area contributed by atoms with Gasteiger partial charge in [0.05, 0.1) is 23.4 Å². The summed E-state index contributed by atoms with van der Waals surface area (Å²) < 4.78 is 5.60. The average molecular weight is 459 g/mol. The van der Waals surface area contributed by atoms with Crippen LogP contribution in [0.2, 0.25) is 0 Å². The summed E-state index contributed by atoms with van der Waals surface area (Å²) in [6.07, 6.45) is 3.12. The molecule has 0 unspecified atom stereocenters. The first-order valence-electron chi connectivity index (χ1n) is 12.0. The number of amides is 3. The van der Waals surface area contributed by atoms with Gasteiger partial charge in [-0.25, -0.2) is 4.90 Å². The van der Waals surface area contributed by atoms with Gasteiger partial charge in [-0.3, -0.25) is 19.2 Å². The summed E-state index contributed by atoms with van der Waals surface area (Å²) in [5.74, 6) is -0.941. The summed E-state index contributed by atoms with van der Waals surface area (Å²) in [5.41, 5.74) is 2.30. The van der Waals surface area contributed by atoms with Crippen molar-refractivity contribution in [2.24, 2.45) is 29.6 Å². The van der Waals surface area contributed by atoms with E-state index in [1.165, 1.54) is 4.90 Å².